The summed E-state index contributed by atoms with van der Waals surface area (Å²) in [4.78, 5) is 17.9. The van der Waals surface area contributed by atoms with E-state index in [4.69, 9.17) is 0 Å². The third-order valence-electron chi connectivity index (χ3n) is 3.68. The summed E-state index contributed by atoms with van der Waals surface area (Å²) in [7, 11) is 0. The fourth-order valence-electron chi connectivity index (χ4n) is 2.40. The van der Waals surface area contributed by atoms with Crippen molar-refractivity contribution in [1.82, 2.24) is 9.55 Å². The van der Waals surface area contributed by atoms with Crippen LogP contribution in [0.5, 0.6) is 0 Å². The number of nitrogens with zero attached hydrogens (tertiary/aromatic N) is 2. The van der Waals surface area contributed by atoms with Crippen LogP contribution in [0, 0.1) is 6.92 Å². The van der Waals surface area contributed by atoms with Crippen LogP contribution in [0.15, 0.2) is 40.8 Å². The number of thiophene rings is 1. The Morgan fingerprint density at radius 2 is 2.00 bits per heavy atom. The van der Waals surface area contributed by atoms with E-state index >= 15 is 0 Å². The van der Waals surface area contributed by atoms with Gasteiger partial charge >= 0.3 is 0 Å². The molecule has 21 heavy (non-hydrogen) atoms. The normalized spacial score (nSPS) is 11.1. The second-order valence-corrected chi connectivity index (χ2v) is 6.15. The van der Waals surface area contributed by atoms with Crippen molar-refractivity contribution in [3.05, 3.63) is 51.9 Å². The first-order valence-electron chi connectivity index (χ1n) is 7.24. The van der Waals surface area contributed by atoms with Crippen molar-refractivity contribution >= 4 is 21.6 Å². The van der Waals surface area contributed by atoms with Gasteiger partial charge in [-0.05, 0) is 18.9 Å². The molecule has 0 unspecified atom stereocenters. The maximum Gasteiger partial charge on any atom is 0.262 e. The van der Waals surface area contributed by atoms with Gasteiger partial charge in [0.15, 0.2) is 0 Å². The summed E-state index contributed by atoms with van der Waals surface area (Å²) in [6.45, 7) is 4.93. The Morgan fingerprint density at radius 3 is 2.71 bits per heavy atom. The molecule has 108 valence electrons. The van der Waals surface area contributed by atoms with E-state index in [9.17, 15) is 4.79 Å². The van der Waals surface area contributed by atoms with Crippen molar-refractivity contribution in [1.29, 1.82) is 0 Å². The van der Waals surface area contributed by atoms with Gasteiger partial charge in [0.25, 0.3) is 5.56 Å². The number of aromatic nitrogens is 2. The van der Waals surface area contributed by atoms with Crippen LogP contribution in [0.3, 0.4) is 0 Å². The highest BCUT2D eigenvalue weighted by molar-refractivity contribution is 7.17. The average Bonchev–Trinajstić information content (AvgIpc) is 2.92. The van der Waals surface area contributed by atoms with Gasteiger partial charge in [-0.25, -0.2) is 4.98 Å². The Morgan fingerprint density at radius 1 is 1.24 bits per heavy atom. The Bertz CT molecular complexity index is 815. The molecule has 0 spiro atoms. The van der Waals surface area contributed by atoms with Crippen molar-refractivity contribution < 1.29 is 0 Å². The van der Waals surface area contributed by atoms with E-state index < -0.39 is 0 Å². The van der Waals surface area contributed by atoms with Gasteiger partial charge < -0.3 is 0 Å². The molecule has 3 aromatic rings. The average molecular weight is 298 g/mol. The van der Waals surface area contributed by atoms with Crippen molar-refractivity contribution in [2.75, 3.05) is 0 Å². The molecule has 0 atom stereocenters. The zero-order valence-electron chi connectivity index (χ0n) is 12.3. The standard InChI is InChI=1S/C17H18N2OS/c1-3-4-9-19-11-18-16-15(17(19)20)14(10-21-16)13-7-5-12(2)6-8-13/h5-8,10-11H,3-4,9H2,1-2H3. The number of hydrogen-bond acceptors (Lipinski definition) is 3. The van der Waals surface area contributed by atoms with E-state index in [2.05, 4.69) is 43.1 Å². The molecule has 2 aromatic heterocycles. The molecule has 1 aromatic carbocycles. The molecule has 0 N–H and O–H groups in total. The highest BCUT2D eigenvalue weighted by atomic mass is 32.1. The largest absolute Gasteiger partial charge is 0.299 e. The molecular weight excluding hydrogens is 280 g/mol. The van der Waals surface area contributed by atoms with Gasteiger partial charge in [-0.1, -0.05) is 43.2 Å². The number of fused-ring (bicyclic) bond motifs is 1. The summed E-state index contributed by atoms with van der Waals surface area (Å²) in [6.07, 6.45) is 3.74. The minimum Gasteiger partial charge on any atom is -0.299 e. The van der Waals surface area contributed by atoms with Gasteiger partial charge in [0.05, 0.1) is 11.7 Å². The molecule has 3 nitrogen and oxygen atoms in total. The van der Waals surface area contributed by atoms with Crippen molar-refractivity contribution in [3.8, 4) is 11.1 Å². The molecule has 0 fully saturated rings. The summed E-state index contributed by atoms with van der Waals surface area (Å²) in [5.41, 5.74) is 3.37. The van der Waals surface area contributed by atoms with Gasteiger partial charge in [-0.3, -0.25) is 9.36 Å². The second-order valence-electron chi connectivity index (χ2n) is 5.29. The zero-order valence-corrected chi connectivity index (χ0v) is 13.1. The van der Waals surface area contributed by atoms with Crippen molar-refractivity contribution in [3.63, 3.8) is 0 Å². The molecule has 0 aliphatic rings. The van der Waals surface area contributed by atoms with Gasteiger partial charge in [-0.2, -0.15) is 0 Å². The predicted molar refractivity (Wildman–Crippen MR) is 89.0 cm³/mol. The third kappa shape index (κ3) is 2.63. The van der Waals surface area contributed by atoms with Gasteiger partial charge in [0.2, 0.25) is 0 Å². The molecule has 0 aliphatic carbocycles. The quantitative estimate of drug-likeness (QED) is 0.722. The molecule has 2 heterocycles. The minimum atomic E-state index is 0.0743. The van der Waals surface area contributed by atoms with Crippen LogP contribution >= 0.6 is 11.3 Å². The molecule has 4 heteroatoms. The lowest BCUT2D eigenvalue weighted by Gasteiger charge is -2.05. The molecule has 0 aliphatic heterocycles. The van der Waals surface area contributed by atoms with E-state index in [1.54, 1.807) is 10.9 Å². The van der Waals surface area contributed by atoms with Crippen LogP contribution < -0.4 is 5.56 Å². The monoisotopic (exact) mass is 298 g/mol. The lowest BCUT2D eigenvalue weighted by Crippen LogP contribution is -2.20. The first-order valence-corrected chi connectivity index (χ1v) is 8.12. The maximum absolute atomic E-state index is 12.7. The summed E-state index contributed by atoms with van der Waals surface area (Å²) >= 11 is 1.54. The first kappa shape index (κ1) is 14.0. The van der Waals surface area contributed by atoms with Crippen LogP contribution in [0.1, 0.15) is 25.3 Å². The topological polar surface area (TPSA) is 34.9 Å². The third-order valence-corrected chi connectivity index (χ3v) is 4.56. The molecular formula is C17H18N2OS. The number of benzene rings is 1. The van der Waals surface area contributed by atoms with E-state index in [0.717, 1.165) is 40.7 Å². The highest BCUT2D eigenvalue weighted by Crippen LogP contribution is 2.30. The van der Waals surface area contributed by atoms with E-state index in [-0.39, 0.29) is 5.56 Å². The van der Waals surface area contributed by atoms with Crippen LogP contribution in [0.25, 0.3) is 21.3 Å². The number of aryl methyl sites for hydroxylation is 2. The van der Waals surface area contributed by atoms with Gasteiger partial charge in [0, 0.05) is 17.5 Å². The zero-order chi connectivity index (χ0) is 14.8. The Hall–Kier alpha value is -1.94. The molecule has 0 saturated carbocycles. The number of rotatable bonds is 4. The SMILES string of the molecule is CCCCn1cnc2scc(-c3ccc(C)cc3)c2c1=O. The van der Waals surface area contributed by atoms with Crippen molar-refractivity contribution in [2.45, 2.75) is 33.2 Å². The maximum atomic E-state index is 12.7. The van der Waals surface area contributed by atoms with Crippen LogP contribution in [0.4, 0.5) is 0 Å². The van der Waals surface area contributed by atoms with Crippen LogP contribution in [-0.2, 0) is 6.54 Å². The number of unbranched alkanes of at least 4 members (excludes halogenated alkanes) is 1. The van der Waals surface area contributed by atoms with Gasteiger partial charge in [-0.15, -0.1) is 11.3 Å². The molecule has 0 saturated heterocycles. The minimum absolute atomic E-state index is 0.0743. The molecule has 0 bridgehead atoms. The van der Waals surface area contributed by atoms with Gasteiger partial charge in [0.1, 0.15) is 4.83 Å². The van der Waals surface area contributed by atoms with E-state index in [0.29, 0.717) is 0 Å². The second kappa shape index (κ2) is 5.82. The summed E-state index contributed by atoms with van der Waals surface area (Å²) in [6, 6.07) is 8.29. The Labute approximate surface area is 127 Å². The Kier molecular flexibility index (Phi) is 3.88. The molecule has 0 amide bonds. The summed E-state index contributed by atoms with van der Waals surface area (Å²) < 4.78 is 1.73. The summed E-state index contributed by atoms with van der Waals surface area (Å²) in [5.74, 6) is 0. The molecule has 0 radical (unpaired) electrons. The first-order chi connectivity index (χ1) is 10.2. The Balaban J connectivity index is 2.15. The van der Waals surface area contributed by atoms with E-state index in [1.165, 1.54) is 16.9 Å². The fraction of sp³-hybridized carbons (Fsp3) is 0.294. The van der Waals surface area contributed by atoms with Crippen LogP contribution in [0.2, 0.25) is 0 Å². The predicted octanol–water partition coefficient (Wildman–Crippen LogP) is 4.23. The lowest BCUT2D eigenvalue weighted by molar-refractivity contribution is 0.609. The molecule has 3 rings (SSSR count). The van der Waals surface area contributed by atoms with Crippen molar-refractivity contribution in [2.24, 2.45) is 0 Å². The summed E-state index contributed by atoms with van der Waals surface area (Å²) in [5, 5.41) is 2.79. The lowest BCUT2D eigenvalue weighted by atomic mass is 10.1. The smallest absolute Gasteiger partial charge is 0.262 e. The number of hydrogen-bond donors (Lipinski definition) is 0. The highest BCUT2D eigenvalue weighted by Gasteiger charge is 2.12. The van der Waals surface area contributed by atoms with Crippen LogP contribution in [-0.4, -0.2) is 9.55 Å². The fourth-order valence-corrected chi connectivity index (χ4v) is 3.31. The van der Waals surface area contributed by atoms with E-state index in [1.807, 2.05) is 5.38 Å².